The summed E-state index contributed by atoms with van der Waals surface area (Å²) in [6.07, 6.45) is 0. The van der Waals surface area contributed by atoms with E-state index in [9.17, 15) is 4.79 Å². The number of benzene rings is 1. The van der Waals surface area contributed by atoms with Gasteiger partial charge in [-0.2, -0.15) is 0 Å². The number of carbonyl (C=O) groups excluding carboxylic acids is 1. The van der Waals surface area contributed by atoms with Crippen LogP contribution in [0.5, 0.6) is 0 Å². The zero-order valence-electron chi connectivity index (χ0n) is 8.07. The maximum atomic E-state index is 9.33. The van der Waals surface area contributed by atoms with Crippen LogP contribution in [0.15, 0.2) is 29.4 Å². The molecule has 0 bridgehead atoms. The maximum Gasteiger partial charge on any atom is 0.283 e. The SMILES string of the molecule is CC(=O)N=O.Cc1ccc(C)cc1. The van der Waals surface area contributed by atoms with Crippen molar-refractivity contribution < 1.29 is 4.79 Å². The molecule has 1 amide bonds. The van der Waals surface area contributed by atoms with Gasteiger partial charge >= 0.3 is 0 Å². The lowest BCUT2D eigenvalue weighted by molar-refractivity contribution is -0.115. The van der Waals surface area contributed by atoms with Gasteiger partial charge in [-0.15, -0.1) is 4.91 Å². The molecule has 0 unspecified atom stereocenters. The number of amides is 1. The van der Waals surface area contributed by atoms with Crippen LogP contribution in [0.1, 0.15) is 18.1 Å². The summed E-state index contributed by atoms with van der Waals surface area (Å²) >= 11 is 0. The van der Waals surface area contributed by atoms with Crippen LogP contribution in [0.25, 0.3) is 0 Å². The maximum absolute atomic E-state index is 9.33. The second-order valence-electron chi connectivity index (χ2n) is 2.77. The lowest BCUT2D eigenvalue weighted by atomic mass is 10.2. The molecular formula is C10H13NO2. The molecule has 1 aromatic carbocycles. The first-order valence-corrected chi connectivity index (χ1v) is 3.93. The molecule has 0 aliphatic heterocycles. The first-order valence-electron chi connectivity index (χ1n) is 3.93. The minimum Gasteiger partial charge on any atom is -0.269 e. The summed E-state index contributed by atoms with van der Waals surface area (Å²) in [5.41, 5.74) is 2.66. The fourth-order valence-electron chi connectivity index (χ4n) is 0.637. The molecule has 0 fully saturated rings. The average Bonchev–Trinajstić information content (AvgIpc) is 2.11. The van der Waals surface area contributed by atoms with Crippen molar-refractivity contribution in [2.45, 2.75) is 20.8 Å². The van der Waals surface area contributed by atoms with E-state index in [1.165, 1.54) is 11.1 Å². The number of rotatable bonds is 0. The van der Waals surface area contributed by atoms with Crippen molar-refractivity contribution in [1.29, 1.82) is 0 Å². The normalized spacial score (nSPS) is 8.23. The van der Waals surface area contributed by atoms with Gasteiger partial charge in [-0.05, 0) is 13.8 Å². The van der Waals surface area contributed by atoms with Gasteiger partial charge in [0, 0.05) is 12.1 Å². The summed E-state index contributed by atoms with van der Waals surface area (Å²) in [7, 11) is 0. The van der Waals surface area contributed by atoms with Crippen molar-refractivity contribution in [2.75, 3.05) is 0 Å². The van der Waals surface area contributed by atoms with Gasteiger partial charge in [0.05, 0.1) is 0 Å². The molecule has 0 heterocycles. The van der Waals surface area contributed by atoms with Crippen molar-refractivity contribution in [1.82, 2.24) is 0 Å². The predicted octanol–water partition coefficient (Wildman–Crippen LogP) is 2.60. The first-order chi connectivity index (χ1) is 6.06. The van der Waals surface area contributed by atoms with E-state index in [0.717, 1.165) is 6.92 Å². The van der Waals surface area contributed by atoms with Gasteiger partial charge in [0.25, 0.3) is 5.91 Å². The summed E-state index contributed by atoms with van der Waals surface area (Å²) in [6, 6.07) is 8.48. The minimum atomic E-state index is -0.676. The highest BCUT2D eigenvalue weighted by molar-refractivity contribution is 5.73. The highest BCUT2D eigenvalue weighted by Crippen LogP contribution is 1.99. The van der Waals surface area contributed by atoms with Gasteiger partial charge in [-0.1, -0.05) is 35.4 Å². The molecule has 0 radical (unpaired) electrons. The number of hydrogen-bond acceptors (Lipinski definition) is 2. The Morgan fingerprint density at radius 2 is 1.31 bits per heavy atom. The monoisotopic (exact) mass is 179 g/mol. The molecule has 0 spiro atoms. The Morgan fingerprint density at radius 1 is 1.08 bits per heavy atom. The van der Waals surface area contributed by atoms with E-state index >= 15 is 0 Å². The molecule has 0 N–H and O–H groups in total. The van der Waals surface area contributed by atoms with E-state index in [-0.39, 0.29) is 0 Å². The molecule has 3 nitrogen and oxygen atoms in total. The lowest BCUT2D eigenvalue weighted by Crippen LogP contribution is -1.74. The van der Waals surface area contributed by atoms with E-state index in [1.54, 1.807) is 0 Å². The van der Waals surface area contributed by atoms with Crippen molar-refractivity contribution in [3.8, 4) is 0 Å². The Bertz CT molecular complexity index is 256. The number of hydrogen-bond donors (Lipinski definition) is 0. The van der Waals surface area contributed by atoms with Crippen LogP contribution in [-0.2, 0) is 4.79 Å². The van der Waals surface area contributed by atoms with Crippen LogP contribution in [0.2, 0.25) is 0 Å². The van der Waals surface area contributed by atoms with Gasteiger partial charge in [0.15, 0.2) is 0 Å². The Balaban J connectivity index is 0.000000252. The third-order valence-electron chi connectivity index (χ3n) is 1.35. The smallest absolute Gasteiger partial charge is 0.269 e. The van der Waals surface area contributed by atoms with Crippen molar-refractivity contribution in [3.05, 3.63) is 40.3 Å². The zero-order chi connectivity index (χ0) is 10.3. The number of nitroso groups, excluding NO2 is 1. The van der Waals surface area contributed by atoms with Crippen LogP contribution < -0.4 is 0 Å². The van der Waals surface area contributed by atoms with E-state index in [2.05, 4.69) is 38.1 Å². The van der Waals surface area contributed by atoms with E-state index in [0.29, 0.717) is 0 Å². The highest BCUT2D eigenvalue weighted by atomic mass is 16.3. The molecule has 0 atom stereocenters. The number of aryl methyl sites for hydroxylation is 2. The van der Waals surface area contributed by atoms with Gasteiger partial charge < -0.3 is 0 Å². The Morgan fingerprint density at radius 3 is 1.46 bits per heavy atom. The largest absolute Gasteiger partial charge is 0.283 e. The number of nitrogens with zero attached hydrogens (tertiary/aromatic N) is 1. The van der Waals surface area contributed by atoms with Gasteiger partial charge in [-0.25, -0.2) is 0 Å². The molecular weight excluding hydrogens is 166 g/mol. The molecule has 0 saturated carbocycles. The van der Waals surface area contributed by atoms with E-state index in [4.69, 9.17) is 4.91 Å². The highest BCUT2D eigenvalue weighted by Gasteiger charge is 1.79. The third-order valence-corrected chi connectivity index (χ3v) is 1.35. The topological polar surface area (TPSA) is 46.5 Å². The Labute approximate surface area is 77.8 Å². The lowest BCUT2D eigenvalue weighted by Gasteiger charge is -1.90. The van der Waals surface area contributed by atoms with Crippen LogP contribution in [-0.4, -0.2) is 5.91 Å². The van der Waals surface area contributed by atoms with Gasteiger partial charge in [0.1, 0.15) is 0 Å². The second kappa shape index (κ2) is 6.06. The van der Waals surface area contributed by atoms with Crippen molar-refractivity contribution in [2.24, 2.45) is 5.18 Å². The van der Waals surface area contributed by atoms with Crippen molar-refractivity contribution in [3.63, 3.8) is 0 Å². The van der Waals surface area contributed by atoms with E-state index < -0.39 is 5.91 Å². The molecule has 13 heavy (non-hydrogen) atoms. The quantitative estimate of drug-likeness (QED) is 0.574. The van der Waals surface area contributed by atoms with Gasteiger partial charge in [0.2, 0.25) is 0 Å². The molecule has 0 aliphatic carbocycles. The standard InChI is InChI=1S/C8H10.C2H3NO2/c1-7-3-5-8(2)6-4-7;1-2(4)3-5/h3-6H,1-2H3;1H3. The molecule has 70 valence electrons. The van der Waals surface area contributed by atoms with Gasteiger partial charge in [-0.3, -0.25) is 4.79 Å². The Kier molecular flexibility index (Phi) is 5.35. The molecule has 1 rings (SSSR count). The zero-order valence-corrected chi connectivity index (χ0v) is 8.07. The predicted molar refractivity (Wildman–Crippen MR) is 52.4 cm³/mol. The summed E-state index contributed by atoms with van der Waals surface area (Å²) in [4.78, 5) is 18.2. The molecule has 3 heteroatoms. The second-order valence-corrected chi connectivity index (χ2v) is 2.77. The Hall–Kier alpha value is -1.51. The minimum absolute atomic E-state index is 0.676. The van der Waals surface area contributed by atoms with Crippen LogP contribution in [0.4, 0.5) is 0 Å². The summed E-state index contributed by atoms with van der Waals surface area (Å²) in [5.74, 6) is -0.676. The van der Waals surface area contributed by atoms with Crippen LogP contribution in [0, 0.1) is 18.8 Å². The van der Waals surface area contributed by atoms with Crippen LogP contribution in [0.3, 0.4) is 0 Å². The first kappa shape index (κ1) is 11.5. The molecule has 0 saturated heterocycles. The number of carbonyl (C=O) groups is 1. The van der Waals surface area contributed by atoms with Crippen LogP contribution >= 0.6 is 0 Å². The van der Waals surface area contributed by atoms with Crippen molar-refractivity contribution >= 4 is 5.91 Å². The molecule has 0 aromatic heterocycles. The molecule has 1 aromatic rings. The third kappa shape index (κ3) is 6.87. The molecule has 0 aliphatic rings. The summed E-state index contributed by atoms with van der Waals surface area (Å²) in [5, 5.41) is 2.00. The van der Waals surface area contributed by atoms with E-state index in [1.807, 2.05) is 5.18 Å². The average molecular weight is 179 g/mol. The fourth-order valence-corrected chi connectivity index (χ4v) is 0.637. The fraction of sp³-hybridized carbons (Fsp3) is 0.300. The summed E-state index contributed by atoms with van der Waals surface area (Å²) < 4.78 is 0. The summed E-state index contributed by atoms with van der Waals surface area (Å²) in [6.45, 7) is 5.30.